The zero-order valence-corrected chi connectivity index (χ0v) is 25.2. The van der Waals surface area contributed by atoms with E-state index in [4.69, 9.17) is 9.47 Å². The van der Waals surface area contributed by atoms with E-state index in [-0.39, 0.29) is 44.9 Å². The highest BCUT2D eigenvalue weighted by Crippen LogP contribution is 2.75. The van der Waals surface area contributed by atoms with Crippen LogP contribution in [0.1, 0.15) is 113 Å². The standard InChI is InChI=1S/C33H52O5/c1-21(34)38-20-30(5)24-11-14-32(7)25(29(24,4)13-12-26(30)35)10-9-22-23-19-28(2,3)15-17-33(23,27(36)37-8)18-16-31(22,32)6/h9,23-26,35H,10-20H2,1-8H3/t23-,24+,25+,26+,29-,30+,31+,32+,33-/m0/s1. The number of carbonyl (C=O) groups is 2. The van der Waals surface area contributed by atoms with Gasteiger partial charge in [0.1, 0.15) is 0 Å². The number of esters is 2. The number of rotatable bonds is 3. The molecular formula is C33H52O5. The summed E-state index contributed by atoms with van der Waals surface area (Å²) in [4.78, 5) is 25.2. The number of carbonyl (C=O) groups excluding carboxylic acids is 2. The fourth-order valence-electron chi connectivity index (χ4n) is 11.1. The van der Waals surface area contributed by atoms with Crippen LogP contribution in [0.25, 0.3) is 0 Å². The zero-order chi connectivity index (χ0) is 27.9. The van der Waals surface area contributed by atoms with Crippen LogP contribution in [0.2, 0.25) is 0 Å². The maximum absolute atomic E-state index is 13.4. The van der Waals surface area contributed by atoms with E-state index in [1.807, 2.05) is 0 Å². The predicted molar refractivity (Wildman–Crippen MR) is 148 cm³/mol. The second kappa shape index (κ2) is 8.82. The van der Waals surface area contributed by atoms with E-state index >= 15 is 0 Å². The first-order valence-electron chi connectivity index (χ1n) is 15.2. The Balaban J connectivity index is 1.56. The second-order valence-corrected chi connectivity index (χ2v) is 15.7. The minimum Gasteiger partial charge on any atom is -0.469 e. The van der Waals surface area contributed by atoms with Crippen LogP contribution in [0.3, 0.4) is 0 Å². The van der Waals surface area contributed by atoms with Gasteiger partial charge in [0.25, 0.3) is 0 Å². The van der Waals surface area contributed by atoms with Gasteiger partial charge in [0, 0.05) is 12.3 Å². The van der Waals surface area contributed by atoms with Gasteiger partial charge in [-0.3, -0.25) is 9.59 Å². The number of aliphatic hydroxyl groups is 1. The van der Waals surface area contributed by atoms with Crippen LogP contribution < -0.4 is 0 Å². The van der Waals surface area contributed by atoms with Gasteiger partial charge in [-0.2, -0.15) is 0 Å². The molecule has 214 valence electrons. The molecule has 0 saturated heterocycles. The summed E-state index contributed by atoms with van der Waals surface area (Å²) in [7, 11) is 1.57. The Morgan fingerprint density at radius 1 is 0.947 bits per heavy atom. The molecular weight excluding hydrogens is 476 g/mol. The molecule has 0 aromatic heterocycles. The van der Waals surface area contributed by atoms with Crippen molar-refractivity contribution in [2.75, 3.05) is 13.7 Å². The Hall–Kier alpha value is -1.36. The fraction of sp³-hybridized carbons (Fsp3) is 0.879. The maximum atomic E-state index is 13.4. The van der Waals surface area contributed by atoms with Crippen molar-refractivity contribution in [1.29, 1.82) is 0 Å². The van der Waals surface area contributed by atoms with Crippen molar-refractivity contribution < 1.29 is 24.2 Å². The molecule has 5 rings (SSSR count). The van der Waals surface area contributed by atoms with Gasteiger partial charge in [0.15, 0.2) is 0 Å². The Morgan fingerprint density at radius 2 is 1.63 bits per heavy atom. The average molecular weight is 529 g/mol. The molecule has 5 nitrogen and oxygen atoms in total. The number of hydrogen-bond donors (Lipinski definition) is 1. The van der Waals surface area contributed by atoms with Crippen molar-refractivity contribution in [3.8, 4) is 0 Å². The van der Waals surface area contributed by atoms with E-state index in [2.05, 4.69) is 47.6 Å². The summed E-state index contributed by atoms with van der Waals surface area (Å²) in [5.74, 6) is 0.792. The molecule has 1 N–H and O–H groups in total. The third kappa shape index (κ3) is 3.65. The molecule has 0 bridgehead atoms. The van der Waals surface area contributed by atoms with Gasteiger partial charge < -0.3 is 14.6 Å². The average Bonchev–Trinajstić information content (AvgIpc) is 2.85. The van der Waals surface area contributed by atoms with E-state index in [0.29, 0.717) is 18.4 Å². The van der Waals surface area contributed by atoms with Crippen LogP contribution in [-0.4, -0.2) is 36.9 Å². The minimum atomic E-state index is -0.450. The van der Waals surface area contributed by atoms with Crippen molar-refractivity contribution in [3.63, 3.8) is 0 Å². The minimum absolute atomic E-state index is 0.00593. The molecule has 0 aliphatic heterocycles. The largest absolute Gasteiger partial charge is 0.469 e. The molecule has 0 aromatic rings. The van der Waals surface area contributed by atoms with E-state index in [9.17, 15) is 14.7 Å². The molecule has 5 aliphatic rings. The molecule has 0 radical (unpaired) electrons. The van der Waals surface area contributed by atoms with Crippen molar-refractivity contribution >= 4 is 11.9 Å². The molecule has 4 saturated carbocycles. The lowest BCUT2D eigenvalue weighted by atomic mass is 9.33. The Kier molecular flexibility index (Phi) is 6.54. The smallest absolute Gasteiger partial charge is 0.312 e. The first-order chi connectivity index (χ1) is 17.6. The van der Waals surface area contributed by atoms with Crippen molar-refractivity contribution in [3.05, 3.63) is 11.6 Å². The Morgan fingerprint density at radius 3 is 2.29 bits per heavy atom. The van der Waals surface area contributed by atoms with Crippen LogP contribution in [0, 0.1) is 50.2 Å². The van der Waals surface area contributed by atoms with Crippen molar-refractivity contribution in [2.45, 2.75) is 119 Å². The highest BCUT2D eigenvalue weighted by molar-refractivity contribution is 5.78. The molecule has 4 fully saturated rings. The van der Waals surface area contributed by atoms with Gasteiger partial charge in [-0.05, 0) is 104 Å². The first-order valence-corrected chi connectivity index (χ1v) is 15.2. The topological polar surface area (TPSA) is 72.8 Å². The number of aliphatic hydroxyl groups excluding tert-OH is 1. The number of methoxy groups -OCH3 is 1. The van der Waals surface area contributed by atoms with Crippen LogP contribution in [0.4, 0.5) is 0 Å². The van der Waals surface area contributed by atoms with Crippen LogP contribution in [-0.2, 0) is 19.1 Å². The first kappa shape index (κ1) is 28.2. The molecule has 0 heterocycles. The highest BCUT2D eigenvalue weighted by Gasteiger charge is 2.69. The lowest BCUT2D eigenvalue weighted by Gasteiger charge is -2.71. The van der Waals surface area contributed by atoms with Gasteiger partial charge in [0.05, 0.1) is 25.2 Å². The maximum Gasteiger partial charge on any atom is 0.312 e. The lowest BCUT2D eigenvalue weighted by Crippen LogP contribution is -2.66. The predicted octanol–water partition coefficient (Wildman–Crippen LogP) is 6.87. The number of ether oxygens (including phenoxy) is 2. The third-order valence-corrected chi connectivity index (χ3v) is 13.6. The summed E-state index contributed by atoms with van der Waals surface area (Å²) < 4.78 is 11.1. The van der Waals surface area contributed by atoms with Gasteiger partial charge in [0.2, 0.25) is 0 Å². The summed E-state index contributed by atoms with van der Waals surface area (Å²) in [5, 5.41) is 11.2. The summed E-state index contributed by atoms with van der Waals surface area (Å²) in [6.07, 6.45) is 12.1. The third-order valence-electron chi connectivity index (χ3n) is 13.6. The van der Waals surface area contributed by atoms with Gasteiger partial charge in [-0.1, -0.05) is 53.2 Å². The Bertz CT molecular complexity index is 1030. The number of fused-ring (bicyclic) bond motifs is 7. The molecule has 0 unspecified atom stereocenters. The summed E-state index contributed by atoms with van der Waals surface area (Å²) in [6, 6.07) is 0. The molecule has 5 heteroatoms. The Labute approximate surface area is 230 Å². The van der Waals surface area contributed by atoms with Crippen molar-refractivity contribution in [1.82, 2.24) is 0 Å². The summed E-state index contributed by atoms with van der Waals surface area (Å²) in [5.41, 5.74) is 1.19. The monoisotopic (exact) mass is 528 g/mol. The fourth-order valence-corrected chi connectivity index (χ4v) is 11.1. The van der Waals surface area contributed by atoms with Crippen molar-refractivity contribution in [2.24, 2.45) is 50.2 Å². The van der Waals surface area contributed by atoms with E-state index in [1.54, 1.807) is 12.7 Å². The van der Waals surface area contributed by atoms with E-state index < -0.39 is 11.5 Å². The lowest BCUT2D eigenvalue weighted by molar-refractivity contribution is -0.220. The van der Waals surface area contributed by atoms with Gasteiger partial charge in [-0.25, -0.2) is 0 Å². The second-order valence-electron chi connectivity index (χ2n) is 15.7. The van der Waals surface area contributed by atoms with Gasteiger partial charge in [-0.15, -0.1) is 0 Å². The SMILES string of the molecule is COC(=O)[C@]12CCC(C)(C)C[C@H]1C1=CC[C@@H]3[C@@]4(C)CC[C@@H](O)[C@](C)(COC(C)=O)[C@@H]4CC[C@@]3(C)[C@]1(C)CC2. The molecule has 0 amide bonds. The number of hydrogen-bond acceptors (Lipinski definition) is 5. The summed E-state index contributed by atoms with van der Waals surface area (Å²) in [6.45, 7) is 16.2. The van der Waals surface area contributed by atoms with Crippen LogP contribution in [0.15, 0.2) is 11.6 Å². The normalized spacial score (nSPS) is 49.3. The molecule has 0 aromatic carbocycles. The number of allylic oxidation sites excluding steroid dienone is 2. The van der Waals surface area contributed by atoms with E-state index in [1.165, 1.54) is 6.92 Å². The van der Waals surface area contributed by atoms with Crippen LogP contribution >= 0.6 is 0 Å². The summed E-state index contributed by atoms with van der Waals surface area (Å²) >= 11 is 0. The van der Waals surface area contributed by atoms with Crippen LogP contribution in [0.5, 0.6) is 0 Å². The molecule has 5 aliphatic carbocycles. The van der Waals surface area contributed by atoms with E-state index in [0.717, 1.165) is 64.2 Å². The zero-order valence-electron chi connectivity index (χ0n) is 25.2. The quantitative estimate of drug-likeness (QED) is 0.320. The highest BCUT2D eigenvalue weighted by atomic mass is 16.5. The molecule has 0 spiro atoms. The van der Waals surface area contributed by atoms with Gasteiger partial charge >= 0.3 is 11.9 Å². The molecule has 38 heavy (non-hydrogen) atoms. The molecule has 9 atom stereocenters.